The van der Waals surface area contributed by atoms with E-state index in [0.29, 0.717) is 12.0 Å². The van der Waals surface area contributed by atoms with Crippen LogP contribution in [0.15, 0.2) is 48.5 Å². The zero-order chi connectivity index (χ0) is 13.2. The SMILES string of the molecule is Cc1ccc(C)c(C2NCCC2c2ccccc2)c1. The zero-order valence-corrected chi connectivity index (χ0v) is 11.7. The fraction of sp³-hybridized carbons (Fsp3) is 0.333. The van der Waals surface area contributed by atoms with Crippen LogP contribution in [-0.2, 0) is 0 Å². The van der Waals surface area contributed by atoms with Gasteiger partial charge in [0.1, 0.15) is 0 Å². The van der Waals surface area contributed by atoms with E-state index in [4.69, 9.17) is 0 Å². The number of nitrogens with one attached hydrogen (secondary N) is 1. The highest BCUT2D eigenvalue weighted by Gasteiger charge is 2.30. The Balaban J connectivity index is 1.97. The molecule has 0 aromatic heterocycles. The lowest BCUT2D eigenvalue weighted by Gasteiger charge is -2.22. The van der Waals surface area contributed by atoms with Crippen molar-refractivity contribution in [3.63, 3.8) is 0 Å². The van der Waals surface area contributed by atoms with Crippen LogP contribution in [0.25, 0.3) is 0 Å². The molecule has 2 aromatic rings. The fourth-order valence-electron chi connectivity index (χ4n) is 3.18. The molecule has 1 aliphatic rings. The van der Waals surface area contributed by atoms with Crippen LogP contribution in [0.4, 0.5) is 0 Å². The Labute approximate surface area is 115 Å². The Hall–Kier alpha value is -1.60. The van der Waals surface area contributed by atoms with Crippen molar-refractivity contribution < 1.29 is 0 Å². The van der Waals surface area contributed by atoms with E-state index in [-0.39, 0.29) is 0 Å². The van der Waals surface area contributed by atoms with Crippen LogP contribution in [0, 0.1) is 13.8 Å². The molecule has 2 atom stereocenters. The van der Waals surface area contributed by atoms with Crippen LogP contribution in [0.3, 0.4) is 0 Å². The van der Waals surface area contributed by atoms with Crippen LogP contribution in [0.1, 0.15) is 40.6 Å². The Morgan fingerprint density at radius 1 is 1.00 bits per heavy atom. The Bertz CT molecular complexity index is 559. The van der Waals surface area contributed by atoms with Gasteiger partial charge in [0.05, 0.1) is 0 Å². The van der Waals surface area contributed by atoms with Crippen molar-refractivity contribution in [2.45, 2.75) is 32.2 Å². The Kier molecular flexibility index (Phi) is 3.39. The van der Waals surface area contributed by atoms with E-state index < -0.39 is 0 Å². The molecule has 1 aliphatic heterocycles. The van der Waals surface area contributed by atoms with Crippen LogP contribution >= 0.6 is 0 Å². The highest BCUT2D eigenvalue weighted by Crippen LogP contribution is 2.38. The molecule has 98 valence electrons. The molecule has 1 fully saturated rings. The molecule has 0 spiro atoms. The van der Waals surface area contributed by atoms with Gasteiger partial charge in [-0.3, -0.25) is 0 Å². The molecule has 2 unspecified atom stereocenters. The quantitative estimate of drug-likeness (QED) is 0.846. The van der Waals surface area contributed by atoms with Gasteiger partial charge in [0.15, 0.2) is 0 Å². The topological polar surface area (TPSA) is 12.0 Å². The molecular formula is C18H21N. The monoisotopic (exact) mass is 251 g/mol. The van der Waals surface area contributed by atoms with Gasteiger partial charge in [-0.05, 0) is 43.5 Å². The van der Waals surface area contributed by atoms with Gasteiger partial charge >= 0.3 is 0 Å². The summed E-state index contributed by atoms with van der Waals surface area (Å²) in [5.41, 5.74) is 5.66. The predicted octanol–water partition coefficient (Wildman–Crippen LogP) is 4.12. The second-order valence-corrected chi connectivity index (χ2v) is 5.60. The molecule has 1 saturated heterocycles. The molecule has 0 aliphatic carbocycles. The average molecular weight is 251 g/mol. The van der Waals surface area contributed by atoms with Crippen molar-refractivity contribution >= 4 is 0 Å². The third-order valence-electron chi connectivity index (χ3n) is 4.22. The molecule has 19 heavy (non-hydrogen) atoms. The molecule has 2 aromatic carbocycles. The maximum absolute atomic E-state index is 3.69. The molecule has 0 radical (unpaired) electrons. The first-order valence-electron chi connectivity index (χ1n) is 7.11. The highest BCUT2D eigenvalue weighted by molar-refractivity contribution is 5.37. The van der Waals surface area contributed by atoms with Gasteiger partial charge in [-0.25, -0.2) is 0 Å². The van der Waals surface area contributed by atoms with E-state index in [9.17, 15) is 0 Å². The average Bonchev–Trinajstić information content (AvgIpc) is 2.91. The van der Waals surface area contributed by atoms with Gasteiger partial charge in [-0.1, -0.05) is 54.1 Å². The lowest BCUT2D eigenvalue weighted by molar-refractivity contribution is 0.574. The number of hydrogen-bond donors (Lipinski definition) is 1. The largest absolute Gasteiger partial charge is 0.309 e. The second kappa shape index (κ2) is 5.18. The number of rotatable bonds is 2. The Morgan fingerprint density at radius 3 is 2.58 bits per heavy atom. The van der Waals surface area contributed by atoms with E-state index in [2.05, 4.69) is 67.7 Å². The minimum atomic E-state index is 0.460. The highest BCUT2D eigenvalue weighted by atomic mass is 15.0. The lowest BCUT2D eigenvalue weighted by atomic mass is 9.86. The second-order valence-electron chi connectivity index (χ2n) is 5.60. The first-order chi connectivity index (χ1) is 9.25. The predicted molar refractivity (Wildman–Crippen MR) is 80.5 cm³/mol. The summed E-state index contributed by atoms with van der Waals surface area (Å²) in [5, 5.41) is 3.69. The van der Waals surface area contributed by atoms with Crippen molar-refractivity contribution in [3.05, 3.63) is 70.8 Å². The molecule has 1 heteroatoms. The van der Waals surface area contributed by atoms with Crippen LogP contribution in [0.5, 0.6) is 0 Å². The summed E-state index contributed by atoms with van der Waals surface area (Å²) < 4.78 is 0. The summed E-state index contributed by atoms with van der Waals surface area (Å²) in [6, 6.07) is 18.2. The van der Waals surface area contributed by atoms with E-state index in [1.807, 2.05) is 0 Å². The number of benzene rings is 2. The third-order valence-corrected chi connectivity index (χ3v) is 4.22. The van der Waals surface area contributed by atoms with Crippen molar-refractivity contribution in [3.8, 4) is 0 Å². The van der Waals surface area contributed by atoms with Gasteiger partial charge in [0.2, 0.25) is 0 Å². The first-order valence-corrected chi connectivity index (χ1v) is 7.11. The number of hydrogen-bond acceptors (Lipinski definition) is 1. The van der Waals surface area contributed by atoms with E-state index in [1.165, 1.54) is 28.7 Å². The van der Waals surface area contributed by atoms with Crippen molar-refractivity contribution in [2.75, 3.05) is 6.54 Å². The van der Waals surface area contributed by atoms with Gasteiger partial charge in [0, 0.05) is 12.0 Å². The molecule has 1 heterocycles. The van der Waals surface area contributed by atoms with Gasteiger partial charge in [-0.2, -0.15) is 0 Å². The fourth-order valence-corrected chi connectivity index (χ4v) is 3.18. The Morgan fingerprint density at radius 2 is 1.79 bits per heavy atom. The number of aryl methyl sites for hydroxylation is 2. The zero-order valence-electron chi connectivity index (χ0n) is 11.7. The smallest absolute Gasteiger partial charge is 0.0392 e. The summed E-state index contributed by atoms with van der Waals surface area (Å²) in [5.74, 6) is 0.599. The molecular weight excluding hydrogens is 230 g/mol. The molecule has 0 amide bonds. The van der Waals surface area contributed by atoms with Crippen LogP contribution in [0.2, 0.25) is 0 Å². The molecule has 0 bridgehead atoms. The summed E-state index contributed by atoms with van der Waals surface area (Å²) in [6.07, 6.45) is 1.22. The van der Waals surface area contributed by atoms with Crippen LogP contribution < -0.4 is 5.32 Å². The molecule has 3 rings (SSSR count). The van der Waals surface area contributed by atoms with Crippen molar-refractivity contribution in [2.24, 2.45) is 0 Å². The van der Waals surface area contributed by atoms with Gasteiger partial charge in [-0.15, -0.1) is 0 Å². The van der Waals surface area contributed by atoms with Crippen LogP contribution in [-0.4, -0.2) is 6.54 Å². The van der Waals surface area contributed by atoms with Gasteiger partial charge in [0.25, 0.3) is 0 Å². The van der Waals surface area contributed by atoms with E-state index in [0.717, 1.165) is 6.54 Å². The maximum atomic E-state index is 3.69. The normalized spacial score (nSPS) is 22.6. The standard InChI is InChI=1S/C18H21N/c1-13-8-9-14(2)17(12-13)18-16(10-11-19-18)15-6-4-3-5-7-15/h3-9,12,16,18-19H,10-11H2,1-2H3. The molecule has 1 N–H and O–H groups in total. The molecule has 1 nitrogen and oxygen atoms in total. The van der Waals surface area contributed by atoms with E-state index >= 15 is 0 Å². The first kappa shape index (κ1) is 12.4. The van der Waals surface area contributed by atoms with E-state index in [1.54, 1.807) is 0 Å². The summed E-state index contributed by atoms with van der Waals surface area (Å²) in [4.78, 5) is 0. The summed E-state index contributed by atoms with van der Waals surface area (Å²) in [6.45, 7) is 5.50. The van der Waals surface area contributed by atoms with Crippen molar-refractivity contribution in [1.29, 1.82) is 0 Å². The lowest BCUT2D eigenvalue weighted by Crippen LogP contribution is -2.18. The minimum absolute atomic E-state index is 0.460. The van der Waals surface area contributed by atoms with Gasteiger partial charge < -0.3 is 5.32 Å². The third kappa shape index (κ3) is 2.43. The molecule has 0 saturated carbocycles. The summed E-state index contributed by atoms with van der Waals surface area (Å²) in [7, 11) is 0. The van der Waals surface area contributed by atoms with Crippen molar-refractivity contribution in [1.82, 2.24) is 5.32 Å². The maximum Gasteiger partial charge on any atom is 0.0392 e. The minimum Gasteiger partial charge on any atom is -0.309 e. The summed E-state index contributed by atoms with van der Waals surface area (Å²) >= 11 is 0.